The fourth-order valence-corrected chi connectivity index (χ4v) is 5.23. The average molecular weight is 266 g/mol. The molecule has 0 aromatic rings. The summed E-state index contributed by atoms with van der Waals surface area (Å²) in [5.41, 5.74) is -0.111. The molecule has 4 heteroatoms. The molecular weight excluding hydrogens is 244 g/mol. The molecule has 2 aliphatic heterocycles. The molecule has 2 unspecified atom stereocenters. The van der Waals surface area contributed by atoms with Crippen LogP contribution in [-0.2, 0) is 4.79 Å². The first kappa shape index (κ1) is 11.6. The maximum Gasteiger partial charge on any atom is 0.244 e. The maximum atomic E-state index is 12.7. The molecule has 2 atom stereocenters. The lowest BCUT2D eigenvalue weighted by Gasteiger charge is -2.33. The lowest BCUT2D eigenvalue weighted by Crippen LogP contribution is -2.48. The van der Waals surface area contributed by atoms with Gasteiger partial charge < -0.3 is 4.90 Å². The van der Waals surface area contributed by atoms with E-state index in [1.165, 1.54) is 37.9 Å². The summed E-state index contributed by atoms with van der Waals surface area (Å²) in [5, 5.41) is 3.73. The Kier molecular flexibility index (Phi) is 2.66. The second-order valence-corrected chi connectivity index (χ2v) is 7.60. The number of carbonyl (C=O) groups is 1. The van der Waals surface area contributed by atoms with Crippen LogP contribution in [0.25, 0.3) is 0 Å². The van der Waals surface area contributed by atoms with E-state index in [4.69, 9.17) is 0 Å². The number of nitrogens with one attached hydrogen (secondary N) is 1. The van der Waals surface area contributed by atoms with Crippen molar-refractivity contribution in [1.29, 1.82) is 0 Å². The molecule has 0 aromatic carbocycles. The normalized spacial score (nSPS) is 39.1. The lowest BCUT2D eigenvalue weighted by atomic mass is 10.0. The van der Waals surface area contributed by atoms with Crippen LogP contribution in [0.2, 0.25) is 0 Å². The highest BCUT2D eigenvalue weighted by Crippen LogP contribution is 2.47. The largest absolute Gasteiger partial charge is 0.321 e. The topological polar surface area (TPSA) is 32.3 Å². The van der Waals surface area contributed by atoms with Gasteiger partial charge in [-0.25, -0.2) is 0 Å². The average Bonchev–Trinajstić information content (AvgIpc) is 2.80. The second kappa shape index (κ2) is 4.14. The third-order valence-electron chi connectivity index (χ3n) is 5.26. The van der Waals surface area contributed by atoms with Crippen molar-refractivity contribution in [1.82, 2.24) is 10.2 Å². The summed E-state index contributed by atoms with van der Waals surface area (Å²) >= 11 is 2.01. The molecule has 1 amide bonds. The van der Waals surface area contributed by atoms with Gasteiger partial charge in [-0.1, -0.05) is 12.8 Å². The molecule has 0 aromatic heterocycles. The summed E-state index contributed by atoms with van der Waals surface area (Å²) in [4.78, 5) is 15.0. The third-order valence-corrected chi connectivity index (χ3v) is 6.41. The van der Waals surface area contributed by atoms with Gasteiger partial charge in [-0.15, -0.1) is 0 Å². The fraction of sp³-hybridized carbons (Fsp3) is 0.929. The van der Waals surface area contributed by atoms with Crippen molar-refractivity contribution in [2.24, 2.45) is 5.92 Å². The molecule has 0 bridgehead atoms. The predicted octanol–water partition coefficient (Wildman–Crippen LogP) is 1.97. The number of hydrogen-bond acceptors (Lipinski definition) is 3. The lowest BCUT2D eigenvalue weighted by molar-refractivity contribution is -0.133. The number of thioether (sulfide) groups is 1. The third kappa shape index (κ3) is 1.64. The number of nitrogens with zero attached hydrogens (tertiary/aromatic N) is 1. The van der Waals surface area contributed by atoms with Crippen molar-refractivity contribution >= 4 is 17.7 Å². The van der Waals surface area contributed by atoms with E-state index in [9.17, 15) is 4.79 Å². The Morgan fingerprint density at radius 1 is 1.22 bits per heavy atom. The fourth-order valence-electron chi connectivity index (χ4n) is 4.02. The van der Waals surface area contributed by atoms with Crippen molar-refractivity contribution in [2.75, 3.05) is 11.5 Å². The summed E-state index contributed by atoms with van der Waals surface area (Å²) in [7, 11) is 0. The molecule has 18 heavy (non-hydrogen) atoms. The first-order valence-corrected chi connectivity index (χ1v) is 8.64. The van der Waals surface area contributed by atoms with Crippen molar-refractivity contribution in [3.8, 4) is 0 Å². The van der Waals surface area contributed by atoms with E-state index in [0.29, 0.717) is 18.1 Å². The Hall–Kier alpha value is -0.220. The summed E-state index contributed by atoms with van der Waals surface area (Å²) in [6.07, 6.45) is 9.07. The molecule has 100 valence electrons. The summed E-state index contributed by atoms with van der Waals surface area (Å²) in [5.74, 6) is 3.55. The molecule has 2 saturated heterocycles. The van der Waals surface area contributed by atoms with Crippen LogP contribution in [0, 0.1) is 5.92 Å². The molecule has 3 nitrogen and oxygen atoms in total. The van der Waals surface area contributed by atoms with Gasteiger partial charge in [-0.2, -0.15) is 11.8 Å². The molecule has 4 fully saturated rings. The smallest absolute Gasteiger partial charge is 0.244 e. The molecule has 0 radical (unpaired) electrons. The highest BCUT2D eigenvalue weighted by molar-refractivity contribution is 7.99. The van der Waals surface area contributed by atoms with E-state index < -0.39 is 0 Å². The Bertz CT molecular complexity index is 357. The summed E-state index contributed by atoms with van der Waals surface area (Å²) in [6, 6.07) is 0.514. The number of carbonyl (C=O) groups excluding carboxylic acids is 1. The molecular formula is C14H22N2OS. The van der Waals surface area contributed by atoms with E-state index in [1.807, 2.05) is 11.8 Å². The first-order valence-electron chi connectivity index (χ1n) is 7.48. The number of hydrogen-bond donors (Lipinski definition) is 1. The zero-order chi connectivity index (χ0) is 12.2. The monoisotopic (exact) mass is 266 g/mol. The summed E-state index contributed by atoms with van der Waals surface area (Å²) in [6.45, 7) is 0. The van der Waals surface area contributed by atoms with Crippen LogP contribution in [-0.4, -0.2) is 40.1 Å². The molecule has 2 aliphatic carbocycles. The molecule has 1 spiro atoms. The van der Waals surface area contributed by atoms with Gasteiger partial charge >= 0.3 is 0 Å². The second-order valence-electron chi connectivity index (χ2n) is 6.45. The van der Waals surface area contributed by atoms with Gasteiger partial charge in [0.15, 0.2) is 0 Å². The molecule has 2 saturated carbocycles. The SMILES string of the molecule is O=C1N(C2CCSC2)C(C2CCCC2)NC12CC2. The standard InChI is InChI=1S/C14H22N2OS/c17-13-14(6-7-14)15-12(10-3-1-2-4-10)16(13)11-5-8-18-9-11/h10-12,15H,1-9H2. The van der Waals surface area contributed by atoms with E-state index in [-0.39, 0.29) is 5.54 Å². The van der Waals surface area contributed by atoms with Crippen molar-refractivity contribution in [3.05, 3.63) is 0 Å². The van der Waals surface area contributed by atoms with Crippen LogP contribution in [0.5, 0.6) is 0 Å². The van der Waals surface area contributed by atoms with E-state index in [2.05, 4.69) is 10.2 Å². The van der Waals surface area contributed by atoms with E-state index in [1.54, 1.807) is 0 Å². The van der Waals surface area contributed by atoms with Crippen LogP contribution < -0.4 is 5.32 Å². The maximum absolute atomic E-state index is 12.7. The first-order chi connectivity index (χ1) is 8.80. The highest BCUT2D eigenvalue weighted by atomic mass is 32.2. The number of rotatable bonds is 2. The minimum Gasteiger partial charge on any atom is -0.321 e. The van der Waals surface area contributed by atoms with Gasteiger partial charge in [0, 0.05) is 11.8 Å². The zero-order valence-electron chi connectivity index (χ0n) is 10.9. The molecule has 2 heterocycles. The molecule has 4 rings (SSSR count). The molecule has 1 N–H and O–H groups in total. The Morgan fingerprint density at radius 3 is 2.61 bits per heavy atom. The van der Waals surface area contributed by atoms with Crippen LogP contribution in [0.1, 0.15) is 44.9 Å². The quantitative estimate of drug-likeness (QED) is 0.829. The van der Waals surface area contributed by atoms with Crippen LogP contribution in [0.4, 0.5) is 0 Å². The Labute approximate surface area is 113 Å². The van der Waals surface area contributed by atoms with Crippen molar-refractivity contribution in [3.63, 3.8) is 0 Å². The van der Waals surface area contributed by atoms with Gasteiger partial charge in [-0.3, -0.25) is 10.1 Å². The van der Waals surface area contributed by atoms with Crippen LogP contribution in [0.15, 0.2) is 0 Å². The van der Waals surface area contributed by atoms with Gasteiger partial charge in [0.1, 0.15) is 0 Å². The minimum atomic E-state index is -0.111. The highest BCUT2D eigenvalue weighted by Gasteiger charge is 2.61. The minimum absolute atomic E-state index is 0.111. The van der Waals surface area contributed by atoms with Gasteiger partial charge in [0.25, 0.3) is 0 Å². The van der Waals surface area contributed by atoms with Gasteiger partial charge in [-0.05, 0) is 43.8 Å². The van der Waals surface area contributed by atoms with E-state index in [0.717, 1.165) is 24.5 Å². The number of amides is 1. The van der Waals surface area contributed by atoms with Crippen molar-refractivity contribution < 1.29 is 4.79 Å². The summed E-state index contributed by atoms with van der Waals surface area (Å²) < 4.78 is 0. The van der Waals surface area contributed by atoms with Gasteiger partial charge in [0.2, 0.25) is 5.91 Å². The van der Waals surface area contributed by atoms with Crippen molar-refractivity contribution in [2.45, 2.75) is 62.7 Å². The van der Waals surface area contributed by atoms with Crippen LogP contribution >= 0.6 is 11.8 Å². The Morgan fingerprint density at radius 2 is 2.00 bits per heavy atom. The molecule has 4 aliphatic rings. The van der Waals surface area contributed by atoms with Crippen LogP contribution in [0.3, 0.4) is 0 Å². The zero-order valence-corrected chi connectivity index (χ0v) is 11.7. The van der Waals surface area contributed by atoms with E-state index >= 15 is 0 Å². The Balaban J connectivity index is 1.60. The predicted molar refractivity (Wildman–Crippen MR) is 73.4 cm³/mol. The van der Waals surface area contributed by atoms with Gasteiger partial charge in [0.05, 0.1) is 11.7 Å².